The van der Waals surface area contributed by atoms with Gasteiger partial charge in [0.2, 0.25) is 0 Å². The molecule has 0 fully saturated rings. The van der Waals surface area contributed by atoms with E-state index in [1.54, 1.807) is 18.0 Å². The van der Waals surface area contributed by atoms with Gasteiger partial charge in [-0.05, 0) is 17.7 Å². The quantitative estimate of drug-likeness (QED) is 0.876. The van der Waals surface area contributed by atoms with Crippen molar-refractivity contribution >= 4 is 24.0 Å². The number of carbonyl (C=O) groups excluding carboxylic acids is 1. The predicted molar refractivity (Wildman–Crippen MR) is 74.5 cm³/mol. The van der Waals surface area contributed by atoms with Gasteiger partial charge >= 0.3 is 0 Å². The molecule has 1 heterocycles. The first-order chi connectivity index (χ1) is 8.60. The number of hydrogen-bond donors (Lipinski definition) is 2. The second kappa shape index (κ2) is 6.10. The number of ether oxygens (including phenoxy) is 1. The predicted octanol–water partition coefficient (Wildman–Crippen LogP) is 1.04. The van der Waals surface area contributed by atoms with E-state index in [1.807, 2.05) is 24.3 Å². The summed E-state index contributed by atoms with van der Waals surface area (Å²) in [6.07, 6.45) is 1.59. The summed E-state index contributed by atoms with van der Waals surface area (Å²) in [6.45, 7) is 0.515. The molecule has 0 spiro atoms. The van der Waals surface area contributed by atoms with Crippen LogP contribution in [-0.2, 0) is 6.54 Å². The van der Waals surface area contributed by atoms with Gasteiger partial charge in [-0.15, -0.1) is 12.4 Å². The average molecular weight is 283 g/mol. The normalized spacial score (nSPS) is 9.74. The molecule has 0 radical (unpaired) electrons. The number of carbonyl (C=O) groups is 1. The lowest BCUT2D eigenvalue weighted by atomic mass is 10.2. The minimum absolute atomic E-state index is 0. The molecule has 0 aliphatic heterocycles. The number of aromatic nitrogens is 2. The molecule has 2 aromatic rings. The molecule has 19 heavy (non-hydrogen) atoms. The molecule has 0 aliphatic carbocycles. The summed E-state index contributed by atoms with van der Waals surface area (Å²) < 4.78 is 6.65. The third-order valence-electron chi connectivity index (χ3n) is 2.53. The molecule has 0 saturated carbocycles. The van der Waals surface area contributed by atoms with E-state index in [1.165, 1.54) is 0 Å². The van der Waals surface area contributed by atoms with Crippen molar-refractivity contribution in [1.82, 2.24) is 9.78 Å². The zero-order valence-electron chi connectivity index (χ0n) is 10.4. The molecule has 7 heteroatoms. The third-order valence-corrected chi connectivity index (χ3v) is 2.53. The zero-order valence-corrected chi connectivity index (χ0v) is 11.2. The first-order valence-electron chi connectivity index (χ1n) is 5.36. The summed E-state index contributed by atoms with van der Waals surface area (Å²) in [4.78, 5) is 11.0. The smallest absolute Gasteiger partial charge is 0.271 e. The summed E-state index contributed by atoms with van der Waals surface area (Å²) in [5.41, 5.74) is 12.2. The summed E-state index contributed by atoms with van der Waals surface area (Å²) in [5.74, 6) is 0.164. The molecular formula is C12H15ClN4O2. The molecule has 1 aromatic carbocycles. The highest BCUT2D eigenvalue weighted by molar-refractivity contribution is 5.95. The Morgan fingerprint density at radius 2 is 2.00 bits per heavy atom. The molecule has 4 N–H and O–H groups in total. The number of amides is 1. The van der Waals surface area contributed by atoms with E-state index in [4.69, 9.17) is 16.2 Å². The number of primary amides is 1. The van der Waals surface area contributed by atoms with Gasteiger partial charge in [0.1, 0.15) is 5.75 Å². The fourth-order valence-electron chi connectivity index (χ4n) is 1.63. The van der Waals surface area contributed by atoms with Crippen LogP contribution >= 0.6 is 12.4 Å². The Balaban J connectivity index is 0.00000180. The number of anilines is 1. The van der Waals surface area contributed by atoms with Gasteiger partial charge in [0, 0.05) is 6.20 Å². The first-order valence-corrected chi connectivity index (χ1v) is 5.36. The Morgan fingerprint density at radius 1 is 1.37 bits per heavy atom. The van der Waals surface area contributed by atoms with Gasteiger partial charge in [-0.3, -0.25) is 9.48 Å². The highest BCUT2D eigenvalue weighted by Gasteiger charge is 2.11. The Hall–Kier alpha value is -2.21. The summed E-state index contributed by atoms with van der Waals surface area (Å²) >= 11 is 0. The molecule has 0 bridgehead atoms. The molecule has 0 aliphatic rings. The van der Waals surface area contributed by atoms with Gasteiger partial charge in [0.25, 0.3) is 5.91 Å². The van der Waals surface area contributed by atoms with Crippen LogP contribution in [0, 0.1) is 0 Å². The topological polar surface area (TPSA) is 96.2 Å². The monoisotopic (exact) mass is 282 g/mol. The molecule has 0 unspecified atom stereocenters. The first kappa shape index (κ1) is 14.8. The van der Waals surface area contributed by atoms with Crippen molar-refractivity contribution < 1.29 is 9.53 Å². The average Bonchev–Trinajstić information content (AvgIpc) is 2.71. The fourth-order valence-corrected chi connectivity index (χ4v) is 1.63. The van der Waals surface area contributed by atoms with Gasteiger partial charge in [0.05, 0.1) is 19.3 Å². The number of nitrogens with two attached hydrogens (primary N) is 2. The maximum absolute atomic E-state index is 11.0. The van der Waals surface area contributed by atoms with Crippen LogP contribution in [0.3, 0.4) is 0 Å². The van der Waals surface area contributed by atoms with Gasteiger partial charge < -0.3 is 16.2 Å². The standard InChI is InChI=1S/C12H14N4O2.ClH/c1-18-9-4-2-8(3-5-9)6-16-7-10(13)11(15-16)12(14)17;/h2-5,7H,6,13H2,1H3,(H2,14,17);1H. The Bertz CT molecular complexity index is 566. The van der Waals surface area contributed by atoms with Crippen LogP contribution in [0.4, 0.5) is 5.69 Å². The van der Waals surface area contributed by atoms with Crippen LogP contribution < -0.4 is 16.2 Å². The Labute approximate surface area is 116 Å². The maximum atomic E-state index is 11.0. The molecule has 1 amide bonds. The number of halogens is 1. The summed E-state index contributed by atoms with van der Waals surface area (Å²) in [7, 11) is 1.61. The second-order valence-electron chi connectivity index (χ2n) is 3.84. The molecule has 0 atom stereocenters. The Kier molecular flexibility index (Phi) is 4.77. The van der Waals surface area contributed by atoms with Crippen LogP contribution in [0.2, 0.25) is 0 Å². The van der Waals surface area contributed by atoms with E-state index in [2.05, 4.69) is 5.10 Å². The highest BCUT2D eigenvalue weighted by Crippen LogP contribution is 2.14. The lowest BCUT2D eigenvalue weighted by molar-refractivity contribution is 0.0995. The van der Waals surface area contributed by atoms with Crippen molar-refractivity contribution in [3.63, 3.8) is 0 Å². The van der Waals surface area contributed by atoms with Crippen molar-refractivity contribution in [3.05, 3.63) is 41.7 Å². The molecule has 0 saturated heterocycles. The summed E-state index contributed by atoms with van der Waals surface area (Å²) in [5, 5.41) is 4.03. The van der Waals surface area contributed by atoms with E-state index >= 15 is 0 Å². The lowest BCUT2D eigenvalue weighted by Crippen LogP contribution is -2.14. The molecule has 6 nitrogen and oxygen atoms in total. The van der Waals surface area contributed by atoms with Gasteiger partial charge in [-0.2, -0.15) is 5.10 Å². The number of benzene rings is 1. The Morgan fingerprint density at radius 3 is 2.47 bits per heavy atom. The van der Waals surface area contributed by atoms with Crippen molar-refractivity contribution in [2.75, 3.05) is 12.8 Å². The van der Waals surface area contributed by atoms with Gasteiger partial charge in [0.15, 0.2) is 5.69 Å². The van der Waals surface area contributed by atoms with Crippen LogP contribution in [0.15, 0.2) is 30.5 Å². The SMILES string of the molecule is COc1ccc(Cn2cc(N)c(C(N)=O)n2)cc1.Cl. The molecule has 102 valence electrons. The molecule has 2 rings (SSSR count). The van der Waals surface area contributed by atoms with E-state index in [9.17, 15) is 4.79 Å². The van der Waals surface area contributed by atoms with Crippen molar-refractivity contribution in [1.29, 1.82) is 0 Å². The van der Waals surface area contributed by atoms with Crippen molar-refractivity contribution in [2.24, 2.45) is 5.73 Å². The fraction of sp³-hybridized carbons (Fsp3) is 0.167. The lowest BCUT2D eigenvalue weighted by Gasteiger charge is -2.03. The molecular weight excluding hydrogens is 268 g/mol. The van der Waals surface area contributed by atoms with Gasteiger partial charge in [-0.25, -0.2) is 0 Å². The van der Waals surface area contributed by atoms with E-state index in [0.717, 1.165) is 11.3 Å². The van der Waals surface area contributed by atoms with Crippen LogP contribution in [0.1, 0.15) is 16.1 Å². The van der Waals surface area contributed by atoms with E-state index < -0.39 is 5.91 Å². The van der Waals surface area contributed by atoms with Crippen molar-refractivity contribution in [2.45, 2.75) is 6.54 Å². The number of nitrogen functional groups attached to an aromatic ring is 1. The second-order valence-corrected chi connectivity index (χ2v) is 3.84. The minimum Gasteiger partial charge on any atom is -0.497 e. The zero-order chi connectivity index (χ0) is 13.1. The number of rotatable bonds is 4. The van der Waals surface area contributed by atoms with Gasteiger partial charge in [-0.1, -0.05) is 12.1 Å². The summed E-state index contributed by atoms with van der Waals surface area (Å²) in [6, 6.07) is 7.55. The van der Waals surface area contributed by atoms with E-state index in [-0.39, 0.29) is 23.8 Å². The van der Waals surface area contributed by atoms with E-state index in [0.29, 0.717) is 6.54 Å². The largest absolute Gasteiger partial charge is 0.497 e. The maximum Gasteiger partial charge on any atom is 0.271 e. The van der Waals surface area contributed by atoms with Crippen molar-refractivity contribution in [3.8, 4) is 5.75 Å². The van der Waals surface area contributed by atoms with Crippen LogP contribution in [0.5, 0.6) is 5.75 Å². The third kappa shape index (κ3) is 3.38. The van der Waals surface area contributed by atoms with Crippen LogP contribution in [0.25, 0.3) is 0 Å². The minimum atomic E-state index is -0.624. The number of methoxy groups -OCH3 is 1. The highest BCUT2D eigenvalue weighted by atomic mass is 35.5. The van der Waals surface area contributed by atoms with Crippen LogP contribution in [-0.4, -0.2) is 22.8 Å². The molecule has 1 aromatic heterocycles. The number of nitrogens with zero attached hydrogens (tertiary/aromatic N) is 2. The number of hydrogen-bond acceptors (Lipinski definition) is 4.